The zero-order chi connectivity index (χ0) is 12.2. The maximum absolute atomic E-state index is 12.2. The lowest BCUT2D eigenvalue weighted by molar-refractivity contribution is -0.137. The van der Waals surface area contributed by atoms with Gasteiger partial charge in [-0.1, -0.05) is 18.2 Å². The Balaban J connectivity index is 2.72. The number of benzene rings is 1. The van der Waals surface area contributed by atoms with Crippen LogP contribution < -0.4 is 0 Å². The van der Waals surface area contributed by atoms with Crippen molar-refractivity contribution in [1.82, 2.24) is 0 Å². The molecule has 0 saturated carbocycles. The van der Waals surface area contributed by atoms with Crippen LogP contribution in [0.15, 0.2) is 36.9 Å². The van der Waals surface area contributed by atoms with Crippen molar-refractivity contribution < 1.29 is 18.0 Å². The largest absolute Gasteiger partial charge is 0.416 e. The van der Waals surface area contributed by atoms with Crippen LogP contribution in [-0.2, 0) is 17.4 Å². The normalized spacial score (nSPS) is 11.2. The van der Waals surface area contributed by atoms with Gasteiger partial charge in [0.15, 0.2) is 0 Å². The maximum Gasteiger partial charge on any atom is 0.416 e. The molecule has 0 heterocycles. The molecule has 1 aromatic rings. The highest BCUT2D eigenvalue weighted by Crippen LogP contribution is 2.29. The lowest BCUT2D eigenvalue weighted by Crippen LogP contribution is -2.05. The lowest BCUT2D eigenvalue weighted by atomic mass is 10.1. The molecule has 86 valence electrons. The zero-order valence-corrected chi connectivity index (χ0v) is 8.55. The van der Waals surface area contributed by atoms with Gasteiger partial charge in [-0.3, -0.25) is 4.79 Å². The van der Waals surface area contributed by atoms with Crippen LogP contribution in [0.1, 0.15) is 17.5 Å². The summed E-state index contributed by atoms with van der Waals surface area (Å²) in [4.78, 5) is 11.2. The van der Waals surface area contributed by atoms with E-state index in [1.165, 1.54) is 18.2 Å². The van der Waals surface area contributed by atoms with E-state index >= 15 is 0 Å². The molecule has 0 aliphatic rings. The van der Waals surface area contributed by atoms with Crippen molar-refractivity contribution in [3.8, 4) is 0 Å². The van der Waals surface area contributed by atoms with Crippen LogP contribution in [0.5, 0.6) is 0 Å². The molecule has 0 aromatic heterocycles. The van der Waals surface area contributed by atoms with Gasteiger partial charge in [0, 0.05) is 12.8 Å². The predicted octanol–water partition coefficient (Wildman–Crippen LogP) is 3.39. The fraction of sp³-hybridized carbons (Fsp3) is 0.250. The monoisotopic (exact) mass is 228 g/mol. The van der Waals surface area contributed by atoms with Crippen LogP contribution in [0.2, 0.25) is 0 Å². The molecule has 16 heavy (non-hydrogen) atoms. The minimum absolute atomic E-state index is 0.0604. The second kappa shape index (κ2) is 4.96. The van der Waals surface area contributed by atoms with Crippen molar-refractivity contribution in [3.05, 3.63) is 48.0 Å². The van der Waals surface area contributed by atoms with E-state index in [9.17, 15) is 18.0 Å². The topological polar surface area (TPSA) is 17.1 Å². The minimum Gasteiger partial charge on any atom is -0.299 e. The summed E-state index contributed by atoms with van der Waals surface area (Å²) in [6.45, 7) is 3.42. The summed E-state index contributed by atoms with van der Waals surface area (Å²) < 4.78 is 36.7. The van der Waals surface area contributed by atoms with E-state index in [0.29, 0.717) is 5.56 Å². The van der Waals surface area contributed by atoms with Gasteiger partial charge in [0.1, 0.15) is 5.78 Å². The minimum atomic E-state index is -4.33. The highest BCUT2D eigenvalue weighted by molar-refractivity contribution is 5.82. The molecule has 0 spiro atoms. The predicted molar refractivity (Wildman–Crippen MR) is 55.0 cm³/mol. The summed E-state index contributed by atoms with van der Waals surface area (Å²) in [7, 11) is 0. The first-order chi connectivity index (χ1) is 7.43. The number of allylic oxidation sites excluding steroid dienone is 1. The molecule has 0 unspecified atom stereocenters. The molecule has 0 N–H and O–H groups in total. The number of carbonyl (C=O) groups is 1. The van der Waals surface area contributed by atoms with E-state index in [2.05, 4.69) is 6.58 Å². The molecule has 1 aromatic carbocycles. The van der Waals surface area contributed by atoms with Crippen LogP contribution >= 0.6 is 0 Å². The summed E-state index contributed by atoms with van der Waals surface area (Å²) in [5.41, 5.74) is -0.118. The van der Waals surface area contributed by atoms with E-state index in [1.807, 2.05) is 0 Å². The second-order valence-electron chi connectivity index (χ2n) is 3.40. The number of ketones is 1. The number of hydrogen-bond acceptors (Lipinski definition) is 1. The van der Waals surface area contributed by atoms with E-state index in [-0.39, 0.29) is 18.6 Å². The van der Waals surface area contributed by atoms with E-state index in [1.54, 1.807) is 0 Å². The van der Waals surface area contributed by atoms with Crippen LogP contribution in [-0.4, -0.2) is 5.78 Å². The summed E-state index contributed by atoms with van der Waals surface area (Å²) >= 11 is 0. The first-order valence-corrected chi connectivity index (χ1v) is 4.72. The van der Waals surface area contributed by atoms with Gasteiger partial charge in [0.2, 0.25) is 0 Å². The number of alkyl halides is 3. The standard InChI is InChI=1S/C12H11F3O/c1-2-3-11(16)8-9-4-6-10(7-5-9)12(13,14)15/h2,4-7H,1,3,8H2. The van der Waals surface area contributed by atoms with Gasteiger partial charge in [-0.2, -0.15) is 13.2 Å². The van der Waals surface area contributed by atoms with Gasteiger partial charge < -0.3 is 0 Å². The molecule has 0 radical (unpaired) electrons. The molecule has 0 aliphatic carbocycles. The molecule has 0 bridgehead atoms. The fourth-order valence-corrected chi connectivity index (χ4v) is 1.27. The molecular weight excluding hydrogens is 217 g/mol. The van der Waals surface area contributed by atoms with Crippen LogP contribution in [0.3, 0.4) is 0 Å². The van der Waals surface area contributed by atoms with Crippen molar-refractivity contribution in [1.29, 1.82) is 0 Å². The van der Waals surface area contributed by atoms with Crippen molar-refractivity contribution in [2.45, 2.75) is 19.0 Å². The highest BCUT2D eigenvalue weighted by atomic mass is 19.4. The van der Waals surface area contributed by atoms with Gasteiger partial charge >= 0.3 is 6.18 Å². The van der Waals surface area contributed by atoms with Gasteiger partial charge in [0.05, 0.1) is 5.56 Å². The Kier molecular flexibility index (Phi) is 3.88. The smallest absolute Gasteiger partial charge is 0.299 e. The third-order valence-electron chi connectivity index (χ3n) is 2.05. The van der Waals surface area contributed by atoms with Crippen LogP contribution in [0, 0.1) is 0 Å². The number of Topliss-reactive ketones (excluding diaryl/α,β-unsaturated/α-hetero) is 1. The Hall–Kier alpha value is -1.58. The first-order valence-electron chi connectivity index (χ1n) is 4.72. The Morgan fingerprint density at radius 3 is 2.25 bits per heavy atom. The van der Waals surface area contributed by atoms with Crippen molar-refractivity contribution >= 4 is 5.78 Å². The van der Waals surface area contributed by atoms with Gasteiger partial charge in [0.25, 0.3) is 0 Å². The third kappa shape index (κ3) is 3.53. The molecule has 1 rings (SSSR count). The second-order valence-corrected chi connectivity index (χ2v) is 3.40. The van der Waals surface area contributed by atoms with Gasteiger partial charge in [-0.05, 0) is 17.7 Å². The fourth-order valence-electron chi connectivity index (χ4n) is 1.27. The SMILES string of the molecule is C=CCC(=O)Cc1ccc(C(F)(F)F)cc1. The average Bonchev–Trinajstić information content (AvgIpc) is 2.17. The molecule has 4 heteroatoms. The Labute approximate surface area is 91.6 Å². The van der Waals surface area contributed by atoms with E-state index < -0.39 is 11.7 Å². The number of hydrogen-bond donors (Lipinski definition) is 0. The van der Waals surface area contributed by atoms with Crippen molar-refractivity contribution in [2.75, 3.05) is 0 Å². The molecule has 0 atom stereocenters. The Morgan fingerprint density at radius 2 is 1.81 bits per heavy atom. The first kappa shape index (κ1) is 12.5. The highest BCUT2D eigenvalue weighted by Gasteiger charge is 2.29. The molecule has 1 nitrogen and oxygen atoms in total. The summed E-state index contributed by atoms with van der Waals surface area (Å²) in [6, 6.07) is 4.61. The van der Waals surface area contributed by atoms with Gasteiger partial charge in [-0.25, -0.2) is 0 Å². The van der Waals surface area contributed by atoms with Crippen molar-refractivity contribution in [3.63, 3.8) is 0 Å². The molecule has 0 amide bonds. The van der Waals surface area contributed by atoms with Crippen molar-refractivity contribution in [2.24, 2.45) is 0 Å². The average molecular weight is 228 g/mol. The van der Waals surface area contributed by atoms with E-state index in [4.69, 9.17) is 0 Å². The van der Waals surface area contributed by atoms with Gasteiger partial charge in [-0.15, -0.1) is 6.58 Å². The Morgan fingerprint density at radius 1 is 1.25 bits per heavy atom. The van der Waals surface area contributed by atoms with Crippen LogP contribution in [0.25, 0.3) is 0 Å². The molecule has 0 aliphatic heterocycles. The summed E-state index contributed by atoms with van der Waals surface area (Å²) in [5.74, 6) is -0.0604. The number of rotatable bonds is 4. The maximum atomic E-state index is 12.2. The molecule has 0 fully saturated rings. The number of halogens is 3. The quantitative estimate of drug-likeness (QED) is 0.722. The van der Waals surface area contributed by atoms with E-state index in [0.717, 1.165) is 12.1 Å². The number of carbonyl (C=O) groups excluding carboxylic acids is 1. The Bertz CT molecular complexity index is 376. The summed E-state index contributed by atoms with van der Waals surface area (Å²) in [5, 5.41) is 0. The molecular formula is C12H11F3O. The third-order valence-corrected chi connectivity index (χ3v) is 2.05. The zero-order valence-electron chi connectivity index (χ0n) is 8.55. The van der Waals surface area contributed by atoms with Crippen LogP contribution in [0.4, 0.5) is 13.2 Å². The lowest BCUT2D eigenvalue weighted by Gasteiger charge is -2.06. The summed E-state index contributed by atoms with van der Waals surface area (Å²) in [6.07, 6.45) is -2.47. The molecule has 0 saturated heterocycles.